The number of hydrogen-bond acceptors (Lipinski definition) is 5. The highest BCUT2D eigenvalue weighted by Crippen LogP contribution is 2.24. The van der Waals surface area contributed by atoms with Crippen LogP contribution in [0.2, 0.25) is 0 Å². The van der Waals surface area contributed by atoms with Crippen molar-refractivity contribution in [1.82, 2.24) is 9.59 Å². The molecule has 3 rings (SSSR count). The number of rotatable bonds is 2. The Hall–Kier alpha value is -2.01. The summed E-state index contributed by atoms with van der Waals surface area (Å²) >= 11 is 1.09. The Balaban J connectivity index is 2.10. The highest BCUT2D eigenvalue weighted by molar-refractivity contribution is 7.08. The standard InChI is InChI=1S/C13H10N2O2S/c1-7-3-4-10-9(5-7)6-11(17-10)12(16)13-8(2)14-15-18-13/h3-6H,1-2H3. The third-order valence-electron chi connectivity index (χ3n) is 2.75. The minimum absolute atomic E-state index is 0.156. The Morgan fingerprint density at radius 2 is 2.11 bits per heavy atom. The highest BCUT2D eigenvalue weighted by Gasteiger charge is 2.19. The summed E-state index contributed by atoms with van der Waals surface area (Å²) < 4.78 is 9.33. The van der Waals surface area contributed by atoms with Gasteiger partial charge < -0.3 is 4.42 Å². The van der Waals surface area contributed by atoms with Gasteiger partial charge in [0.05, 0.1) is 5.69 Å². The van der Waals surface area contributed by atoms with Crippen molar-refractivity contribution < 1.29 is 9.21 Å². The maximum Gasteiger partial charge on any atom is 0.241 e. The smallest absolute Gasteiger partial charge is 0.241 e. The summed E-state index contributed by atoms with van der Waals surface area (Å²) in [6.45, 7) is 3.77. The first-order valence-electron chi connectivity index (χ1n) is 5.49. The van der Waals surface area contributed by atoms with E-state index in [1.54, 1.807) is 13.0 Å². The van der Waals surface area contributed by atoms with Gasteiger partial charge in [-0.05, 0) is 43.6 Å². The second kappa shape index (κ2) is 4.03. The van der Waals surface area contributed by atoms with Crippen molar-refractivity contribution in [1.29, 1.82) is 0 Å². The van der Waals surface area contributed by atoms with Crippen molar-refractivity contribution in [3.8, 4) is 0 Å². The van der Waals surface area contributed by atoms with Gasteiger partial charge >= 0.3 is 0 Å². The van der Waals surface area contributed by atoms with E-state index in [9.17, 15) is 4.79 Å². The van der Waals surface area contributed by atoms with Gasteiger partial charge in [-0.25, -0.2) is 0 Å². The largest absolute Gasteiger partial charge is 0.453 e. The van der Waals surface area contributed by atoms with Crippen LogP contribution >= 0.6 is 11.5 Å². The molecule has 0 N–H and O–H groups in total. The number of ketones is 1. The van der Waals surface area contributed by atoms with E-state index in [-0.39, 0.29) is 5.78 Å². The van der Waals surface area contributed by atoms with Crippen molar-refractivity contribution in [2.24, 2.45) is 0 Å². The quantitative estimate of drug-likeness (QED) is 0.663. The molecule has 0 unspecified atom stereocenters. The third-order valence-corrected chi connectivity index (χ3v) is 3.58. The van der Waals surface area contributed by atoms with Crippen LogP contribution in [-0.2, 0) is 0 Å². The maximum atomic E-state index is 12.2. The number of furan rings is 1. The normalized spacial score (nSPS) is 11.0. The molecule has 0 aliphatic rings. The van der Waals surface area contributed by atoms with Crippen LogP contribution in [-0.4, -0.2) is 15.4 Å². The molecular weight excluding hydrogens is 248 g/mol. The van der Waals surface area contributed by atoms with Crippen LogP contribution in [0.5, 0.6) is 0 Å². The summed E-state index contributed by atoms with van der Waals surface area (Å²) in [6, 6.07) is 7.59. The predicted molar refractivity (Wildman–Crippen MR) is 69.0 cm³/mol. The molecule has 90 valence electrons. The predicted octanol–water partition coefficient (Wildman–Crippen LogP) is 3.13. The second-order valence-corrected chi connectivity index (χ2v) is 4.92. The van der Waals surface area contributed by atoms with E-state index in [1.807, 2.05) is 25.1 Å². The number of nitrogens with zero attached hydrogens (tertiary/aromatic N) is 2. The Labute approximate surface area is 107 Å². The lowest BCUT2D eigenvalue weighted by molar-refractivity contribution is 0.101. The Morgan fingerprint density at radius 1 is 1.28 bits per heavy atom. The first-order valence-corrected chi connectivity index (χ1v) is 6.26. The monoisotopic (exact) mass is 258 g/mol. The third kappa shape index (κ3) is 1.73. The van der Waals surface area contributed by atoms with Gasteiger partial charge in [0.15, 0.2) is 5.76 Å². The second-order valence-electron chi connectivity index (χ2n) is 4.17. The number of carbonyl (C=O) groups excluding carboxylic acids is 1. The fourth-order valence-electron chi connectivity index (χ4n) is 1.83. The van der Waals surface area contributed by atoms with Crippen LogP contribution < -0.4 is 0 Å². The van der Waals surface area contributed by atoms with Crippen molar-refractivity contribution >= 4 is 28.3 Å². The zero-order valence-electron chi connectivity index (χ0n) is 9.93. The van der Waals surface area contributed by atoms with E-state index in [1.165, 1.54) is 0 Å². The van der Waals surface area contributed by atoms with Crippen LogP contribution in [0, 0.1) is 13.8 Å². The van der Waals surface area contributed by atoms with E-state index < -0.39 is 0 Å². The molecule has 0 bridgehead atoms. The number of aromatic nitrogens is 2. The summed E-state index contributed by atoms with van der Waals surface area (Å²) in [6.07, 6.45) is 0. The molecule has 5 heteroatoms. The fourth-order valence-corrected chi connectivity index (χ4v) is 2.43. The molecule has 0 radical (unpaired) electrons. The summed E-state index contributed by atoms with van der Waals surface area (Å²) in [7, 11) is 0. The Kier molecular flexibility index (Phi) is 2.48. The summed E-state index contributed by atoms with van der Waals surface area (Å²) in [5.41, 5.74) is 2.50. The van der Waals surface area contributed by atoms with Gasteiger partial charge in [-0.3, -0.25) is 4.79 Å². The Morgan fingerprint density at radius 3 is 2.83 bits per heavy atom. The fraction of sp³-hybridized carbons (Fsp3) is 0.154. The summed E-state index contributed by atoms with van der Waals surface area (Å²) in [5.74, 6) is 0.182. The van der Waals surface area contributed by atoms with Gasteiger partial charge in [0.1, 0.15) is 10.5 Å². The molecule has 1 aromatic carbocycles. The average Bonchev–Trinajstić information content (AvgIpc) is 2.93. The SMILES string of the molecule is Cc1ccc2oc(C(=O)c3snnc3C)cc2c1. The first-order chi connectivity index (χ1) is 8.65. The van der Waals surface area contributed by atoms with E-state index >= 15 is 0 Å². The van der Waals surface area contributed by atoms with Crippen molar-refractivity contribution in [3.63, 3.8) is 0 Å². The summed E-state index contributed by atoms with van der Waals surface area (Å²) in [5, 5.41) is 4.78. The Bertz CT molecular complexity index is 742. The topological polar surface area (TPSA) is 56.0 Å². The molecule has 2 heterocycles. The van der Waals surface area contributed by atoms with Gasteiger partial charge in [0, 0.05) is 5.39 Å². The van der Waals surface area contributed by atoms with E-state index in [0.717, 1.165) is 28.1 Å². The van der Waals surface area contributed by atoms with Crippen LogP contribution in [0.3, 0.4) is 0 Å². The minimum Gasteiger partial charge on any atom is -0.453 e. The van der Waals surface area contributed by atoms with E-state index in [0.29, 0.717) is 16.3 Å². The van der Waals surface area contributed by atoms with Gasteiger partial charge in [-0.2, -0.15) is 0 Å². The number of fused-ring (bicyclic) bond motifs is 1. The zero-order chi connectivity index (χ0) is 12.7. The van der Waals surface area contributed by atoms with Crippen LogP contribution in [0.15, 0.2) is 28.7 Å². The lowest BCUT2D eigenvalue weighted by atomic mass is 10.1. The molecule has 0 atom stereocenters. The van der Waals surface area contributed by atoms with Crippen molar-refractivity contribution in [3.05, 3.63) is 46.2 Å². The molecular formula is C13H10N2O2S. The molecule has 4 nitrogen and oxygen atoms in total. The molecule has 0 aliphatic carbocycles. The lowest BCUT2D eigenvalue weighted by Gasteiger charge is -1.91. The minimum atomic E-state index is -0.156. The van der Waals surface area contributed by atoms with Crippen LogP contribution in [0.4, 0.5) is 0 Å². The molecule has 0 spiro atoms. The number of carbonyl (C=O) groups is 1. The van der Waals surface area contributed by atoms with Gasteiger partial charge in [-0.15, -0.1) is 5.10 Å². The van der Waals surface area contributed by atoms with Gasteiger partial charge in [0.2, 0.25) is 5.78 Å². The van der Waals surface area contributed by atoms with E-state index in [4.69, 9.17) is 4.42 Å². The van der Waals surface area contributed by atoms with E-state index in [2.05, 4.69) is 9.59 Å². The molecule has 0 amide bonds. The van der Waals surface area contributed by atoms with Crippen molar-refractivity contribution in [2.75, 3.05) is 0 Å². The van der Waals surface area contributed by atoms with Crippen LogP contribution in [0.1, 0.15) is 26.7 Å². The molecule has 18 heavy (non-hydrogen) atoms. The molecule has 2 aromatic heterocycles. The molecule has 0 aliphatic heterocycles. The highest BCUT2D eigenvalue weighted by atomic mass is 32.1. The number of benzene rings is 1. The molecule has 0 fully saturated rings. The zero-order valence-corrected chi connectivity index (χ0v) is 10.7. The van der Waals surface area contributed by atoms with Crippen LogP contribution in [0.25, 0.3) is 11.0 Å². The summed E-state index contributed by atoms with van der Waals surface area (Å²) in [4.78, 5) is 12.8. The van der Waals surface area contributed by atoms with Gasteiger partial charge in [-0.1, -0.05) is 16.1 Å². The molecule has 0 saturated carbocycles. The number of aryl methyl sites for hydroxylation is 2. The van der Waals surface area contributed by atoms with Gasteiger partial charge in [0.25, 0.3) is 0 Å². The molecule has 0 saturated heterocycles. The lowest BCUT2D eigenvalue weighted by Crippen LogP contribution is -1.98. The molecule has 3 aromatic rings. The first kappa shape index (κ1) is 11.1. The average molecular weight is 258 g/mol. The number of hydrogen-bond donors (Lipinski definition) is 0. The maximum absolute atomic E-state index is 12.2. The van der Waals surface area contributed by atoms with Crippen molar-refractivity contribution in [2.45, 2.75) is 13.8 Å².